The van der Waals surface area contributed by atoms with Gasteiger partial charge in [0, 0.05) is 23.5 Å². The zero-order valence-corrected chi connectivity index (χ0v) is 18.8. The molecule has 1 N–H and O–H groups in total. The molecule has 0 aliphatic heterocycles. The molecule has 0 saturated heterocycles. The quantitative estimate of drug-likeness (QED) is 0.386. The number of rotatable bonds is 4. The molecular weight excluding hydrogens is 399 g/mol. The zero-order chi connectivity index (χ0) is 22.3. The fourth-order valence-electron chi connectivity index (χ4n) is 5.46. The maximum Gasteiger partial charge on any atom is 0.150 e. The normalized spacial score (nSPS) is 20.4. The smallest absolute Gasteiger partial charge is 0.150 e. The van der Waals surface area contributed by atoms with Crippen LogP contribution in [0.5, 0.6) is 0 Å². The van der Waals surface area contributed by atoms with E-state index in [4.69, 9.17) is 0 Å². The van der Waals surface area contributed by atoms with E-state index in [0.29, 0.717) is 17.4 Å². The lowest BCUT2D eigenvalue weighted by atomic mass is 9.70. The summed E-state index contributed by atoms with van der Waals surface area (Å²) >= 11 is 0. The Balaban J connectivity index is 1.65. The number of fused-ring (bicyclic) bond motifs is 1. The summed E-state index contributed by atoms with van der Waals surface area (Å²) in [5.41, 5.74) is 4.17. The van der Waals surface area contributed by atoms with Gasteiger partial charge in [0.25, 0.3) is 0 Å². The molecule has 1 aliphatic carbocycles. The molecule has 2 heterocycles. The first-order chi connectivity index (χ1) is 15.4. The van der Waals surface area contributed by atoms with Crippen LogP contribution in [-0.2, 0) is 0 Å². The molecule has 1 aliphatic rings. The number of nitrogens with one attached hydrogen (secondary N) is 1. The third kappa shape index (κ3) is 3.99. The summed E-state index contributed by atoms with van der Waals surface area (Å²) in [4.78, 5) is 9.33. The highest BCUT2D eigenvalue weighted by atomic mass is 19.1. The highest BCUT2D eigenvalue weighted by molar-refractivity contribution is 6.02. The van der Waals surface area contributed by atoms with E-state index in [0.717, 1.165) is 46.5 Å². The van der Waals surface area contributed by atoms with Gasteiger partial charge < -0.3 is 9.88 Å². The summed E-state index contributed by atoms with van der Waals surface area (Å²) in [6.07, 6.45) is 7.20. The standard InChI is InChI=1S/C27H29FN4/c1-18-13-21(15-27(2,3)14-18)31-25-24-23(19-7-5-4-6-8-19)16-32(26(24)30-17-29-25)22-11-9-20(28)10-12-22/h4-12,16-18,21H,13-15H2,1-3H3,(H,29,30,31)/t18-,21+/m0/s1. The predicted octanol–water partition coefficient (Wildman–Crippen LogP) is 6.85. The van der Waals surface area contributed by atoms with Crippen LogP contribution in [0.4, 0.5) is 10.2 Å². The molecular formula is C27H29FN4. The SMILES string of the molecule is C[C@H]1C[C@@H](Nc2ncnc3c2c(-c2ccccc2)cn3-c2ccc(F)cc2)CC(C)(C)C1. The molecule has 1 fully saturated rings. The van der Waals surface area contributed by atoms with Crippen molar-refractivity contribution in [1.29, 1.82) is 0 Å². The van der Waals surface area contributed by atoms with Gasteiger partial charge in [-0.05, 0) is 60.4 Å². The third-order valence-electron chi connectivity index (χ3n) is 6.50. The van der Waals surface area contributed by atoms with Gasteiger partial charge >= 0.3 is 0 Å². The maximum absolute atomic E-state index is 13.6. The van der Waals surface area contributed by atoms with Crippen molar-refractivity contribution in [2.75, 3.05) is 5.32 Å². The number of anilines is 1. The summed E-state index contributed by atoms with van der Waals surface area (Å²) < 4.78 is 15.6. The minimum atomic E-state index is -0.250. The zero-order valence-electron chi connectivity index (χ0n) is 18.8. The summed E-state index contributed by atoms with van der Waals surface area (Å²) in [5, 5.41) is 4.77. The van der Waals surface area contributed by atoms with Crippen molar-refractivity contribution in [2.45, 2.75) is 46.1 Å². The van der Waals surface area contributed by atoms with Crippen molar-refractivity contribution in [1.82, 2.24) is 14.5 Å². The minimum Gasteiger partial charge on any atom is -0.367 e. The number of hydrogen-bond donors (Lipinski definition) is 1. The second-order valence-electron chi connectivity index (χ2n) is 9.93. The van der Waals surface area contributed by atoms with E-state index >= 15 is 0 Å². The van der Waals surface area contributed by atoms with E-state index in [2.05, 4.69) is 54.4 Å². The fraction of sp³-hybridized carbons (Fsp3) is 0.333. The van der Waals surface area contributed by atoms with E-state index in [1.807, 2.05) is 22.8 Å². The fourth-order valence-corrected chi connectivity index (χ4v) is 5.46. The molecule has 0 amide bonds. The molecule has 5 rings (SSSR count). The first-order valence-corrected chi connectivity index (χ1v) is 11.3. The Morgan fingerprint density at radius 2 is 1.75 bits per heavy atom. The first kappa shape index (κ1) is 20.7. The molecule has 0 unspecified atom stereocenters. The Hall–Kier alpha value is -3.21. The van der Waals surface area contributed by atoms with Crippen LogP contribution in [0.3, 0.4) is 0 Å². The van der Waals surface area contributed by atoms with E-state index in [1.54, 1.807) is 18.5 Å². The molecule has 4 aromatic rings. The van der Waals surface area contributed by atoms with Crippen LogP contribution in [0.15, 0.2) is 67.1 Å². The Bertz CT molecular complexity index is 1230. The molecule has 0 bridgehead atoms. The number of nitrogens with zero attached hydrogens (tertiary/aromatic N) is 3. The van der Waals surface area contributed by atoms with E-state index in [1.165, 1.54) is 18.6 Å². The highest BCUT2D eigenvalue weighted by Crippen LogP contribution is 2.41. The Morgan fingerprint density at radius 1 is 1.00 bits per heavy atom. The maximum atomic E-state index is 13.6. The van der Waals surface area contributed by atoms with Crippen molar-refractivity contribution >= 4 is 16.9 Å². The summed E-state index contributed by atoms with van der Waals surface area (Å²) in [5.74, 6) is 1.29. The lowest BCUT2D eigenvalue weighted by molar-refractivity contribution is 0.178. The molecule has 1 saturated carbocycles. The van der Waals surface area contributed by atoms with Gasteiger partial charge in [0.1, 0.15) is 18.0 Å². The van der Waals surface area contributed by atoms with Crippen LogP contribution < -0.4 is 5.32 Å². The second kappa shape index (κ2) is 8.05. The van der Waals surface area contributed by atoms with Crippen molar-refractivity contribution in [3.05, 3.63) is 72.9 Å². The second-order valence-corrected chi connectivity index (χ2v) is 9.93. The highest BCUT2D eigenvalue weighted by Gasteiger charge is 2.32. The lowest BCUT2D eigenvalue weighted by Crippen LogP contribution is -2.35. The molecule has 164 valence electrons. The molecule has 0 radical (unpaired) electrons. The lowest BCUT2D eigenvalue weighted by Gasteiger charge is -2.39. The number of benzene rings is 2. The average Bonchev–Trinajstić information content (AvgIpc) is 3.14. The van der Waals surface area contributed by atoms with Crippen LogP contribution in [-0.4, -0.2) is 20.6 Å². The van der Waals surface area contributed by atoms with E-state index < -0.39 is 0 Å². The monoisotopic (exact) mass is 428 g/mol. The Kier molecular flexibility index (Phi) is 5.20. The van der Waals surface area contributed by atoms with Crippen LogP contribution in [0.2, 0.25) is 0 Å². The Labute approximate surface area is 188 Å². The predicted molar refractivity (Wildman–Crippen MR) is 128 cm³/mol. The van der Waals surface area contributed by atoms with Crippen molar-refractivity contribution in [3.63, 3.8) is 0 Å². The molecule has 5 heteroatoms. The number of halogens is 1. The first-order valence-electron chi connectivity index (χ1n) is 11.3. The molecule has 2 atom stereocenters. The molecule has 32 heavy (non-hydrogen) atoms. The van der Waals surface area contributed by atoms with E-state index in [9.17, 15) is 4.39 Å². The van der Waals surface area contributed by atoms with E-state index in [-0.39, 0.29) is 5.82 Å². The van der Waals surface area contributed by atoms with Gasteiger partial charge in [-0.15, -0.1) is 0 Å². The summed E-state index contributed by atoms with van der Waals surface area (Å²) in [6, 6.07) is 17.2. The molecule has 2 aromatic carbocycles. The van der Waals surface area contributed by atoms with Gasteiger partial charge in [0.2, 0.25) is 0 Å². The summed E-state index contributed by atoms with van der Waals surface area (Å²) in [6.45, 7) is 7.05. The Morgan fingerprint density at radius 3 is 2.47 bits per heavy atom. The van der Waals surface area contributed by atoms with Crippen molar-refractivity contribution in [2.24, 2.45) is 11.3 Å². The van der Waals surface area contributed by atoms with Crippen LogP contribution in [0.1, 0.15) is 40.0 Å². The average molecular weight is 429 g/mol. The largest absolute Gasteiger partial charge is 0.367 e. The van der Waals surface area contributed by atoms with Gasteiger partial charge in [-0.25, -0.2) is 14.4 Å². The van der Waals surface area contributed by atoms with Gasteiger partial charge in [0.05, 0.1) is 5.39 Å². The minimum absolute atomic E-state index is 0.250. The number of hydrogen-bond acceptors (Lipinski definition) is 3. The van der Waals surface area contributed by atoms with Gasteiger partial charge in [0.15, 0.2) is 5.65 Å². The topological polar surface area (TPSA) is 42.7 Å². The molecule has 0 spiro atoms. The van der Waals surface area contributed by atoms with Gasteiger partial charge in [-0.1, -0.05) is 51.1 Å². The van der Waals surface area contributed by atoms with Crippen LogP contribution in [0, 0.1) is 17.2 Å². The molecule has 4 nitrogen and oxygen atoms in total. The van der Waals surface area contributed by atoms with Crippen LogP contribution >= 0.6 is 0 Å². The van der Waals surface area contributed by atoms with Gasteiger partial charge in [-0.3, -0.25) is 0 Å². The third-order valence-corrected chi connectivity index (χ3v) is 6.50. The van der Waals surface area contributed by atoms with Gasteiger partial charge in [-0.2, -0.15) is 0 Å². The van der Waals surface area contributed by atoms with Crippen LogP contribution in [0.25, 0.3) is 27.8 Å². The molecule has 2 aromatic heterocycles. The number of aromatic nitrogens is 3. The van der Waals surface area contributed by atoms with Crippen molar-refractivity contribution < 1.29 is 4.39 Å². The summed E-state index contributed by atoms with van der Waals surface area (Å²) in [7, 11) is 0. The van der Waals surface area contributed by atoms with Crippen molar-refractivity contribution in [3.8, 4) is 16.8 Å².